The van der Waals surface area contributed by atoms with Crippen LogP contribution in [0, 0.1) is 58.2 Å². The number of aliphatic hydroxyl groups is 1. The zero-order valence-corrected chi connectivity index (χ0v) is 24.7. The lowest BCUT2D eigenvalue weighted by Crippen LogP contribution is -2.47. The van der Waals surface area contributed by atoms with Crippen molar-refractivity contribution < 1.29 is 5.11 Å². The third kappa shape index (κ3) is 6.01. The molecule has 0 aromatic carbocycles. The van der Waals surface area contributed by atoms with E-state index in [1.807, 2.05) is 0 Å². The molecule has 0 amide bonds. The third-order valence-electron chi connectivity index (χ3n) is 13.0. The van der Waals surface area contributed by atoms with E-state index in [9.17, 15) is 5.11 Å². The molecule has 0 heterocycles. The van der Waals surface area contributed by atoms with Crippen LogP contribution in [-0.2, 0) is 0 Å². The zero-order chi connectivity index (χ0) is 25.2. The van der Waals surface area contributed by atoms with Gasteiger partial charge in [0.2, 0.25) is 0 Å². The lowest BCUT2D eigenvalue weighted by atomic mass is 9.51. The first-order valence-electron chi connectivity index (χ1n) is 16.4. The predicted octanol–water partition coefficient (Wildman–Crippen LogP) is 10.1. The molecule has 0 saturated heterocycles. The Kier molecular flexibility index (Phi) is 9.42. The van der Waals surface area contributed by atoms with Gasteiger partial charge in [-0.3, -0.25) is 0 Å². The molecule has 0 aliphatic heterocycles. The fourth-order valence-corrected chi connectivity index (χ4v) is 10.6. The van der Waals surface area contributed by atoms with E-state index in [0.717, 1.165) is 60.2 Å². The van der Waals surface area contributed by atoms with E-state index >= 15 is 0 Å². The van der Waals surface area contributed by atoms with Crippen molar-refractivity contribution in [3.63, 3.8) is 0 Å². The van der Waals surface area contributed by atoms with Crippen molar-refractivity contribution in [1.82, 2.24) is 0 Å². The van der Waals surface area contributed by atoms with Crippen LogP contribution < -0.4 is 0 Å². The van der Waals surface area contributed by atoms with E-state index in [4.69, 9.17) is 0 Å². The van der Waals surface area contributed by atoms with Gasteiger partial charge in [-0.25, -0.2) is 0 Å². The lowest BCUT2D eigenvalue weighted by molar-refractivity contribution is -0.0660. The van der Waals surface area contributed by atoms with E-state index in [0.29, 0.717) is 10.8 Å². The molecule has 35 heavy (non-hydrogen) atoms. The van der Waals surface area contributed by atoms with Gasteiger partial charge in [0.25, 0.3) is 0 Å². The molecule has 0 spiro atoms. The van der Waals surface area contributed by atoms with Crippen molar-refractivity contribution >= 4 is 0 Å². The Morgan fingerprint density at radius 3 is 2.29 bits per heavy atom. The molecule has 0 bridgehead atoms. The van der Waals surface area contributed by atoms with Gasteiger partial charge >= 0.3 is 0 Å². The molecule has 0 radical (unpaired) electrons. The van der Waals surface area contributed by atoms with E-state index < -0.39 is 0 Å². The first-order valence-corrected chi connectivity index (χ1v) is 16.4. The maximum absolute atomic E-state index is 10.5. The lowest BCUT2D eigenvalue weighted by Gasteiger charge is -2.54. The number of fused-ring (bicyclic) bond motifs is 5. The van der Waals surface area contributed by atoms with Crippen LogP contribution in [0.25, 0.3) is 0 Å². The largest absolute Gasteiger partial charge is 0.393 e. The molecule has 1 heteroatoms. The summed E-state index contributed by atoms with van der Waals surface area (Å²) in [7, 11) is 0. The smallest absolute Gasteiger partial charge is 0.0543 e. The van der Waals surface area contributed by atoms with Crippen molar-refractivity contribution in [3.05, 3.63) is 0 Å². The predicted molar refractivity (Wildman–Crippen MR) is 151 cm³/mol. The van der Waals surface area contributed by atoms with Gasteiger partial charge in [-0.2, -0.15) is 0 Å². The average molecular weight is 487 g/mol. The van der Waals surface area contributed by atoms with Crippen LogP contribution in [0.15, 0.2) is 0 Å². The Morgan fingerprint density at radius 1 is 0.800 bits per heavy atom. The molecular weight excluding hydrogens is 424 g/mol. The van der Waals surface area contributed by atoms with Gasteiger partial charge in [0.1, 0.15) is 0 Å². The molecule has 204 valence electrons. The van der Waals surface area contributed by atoms with Crippen LogP contribution in [-0.4, -0.2) is 11.2 Å². The van der Waals surface area contributed by atoms with Gasteiger partial charge in [0, 0.05) is 0 Å². The molecule has 4 fully saturated rings. The van der Waals surface area contributed by atoms with Crippen LogP contribution in [0.5, 0.6) is 0 Å². The maximum atomic E-state index is 10.5. The normalized spacial score (nSPS) is 44.6. The van der Waals surface area contributed by atoms with Crippen LogP contribution in [0.3, 0.4) is 0 Å². The third-order valence-corrected chi connectivity index (χ3v) is 13.0. The fourth-order valence-electron chi connectivity index (χ4n) is 10.6. The molecule has 4 aliphatic rings. The molecule has 4 saturated carbocycles. The molecule has 10 atom stereocenters. The van der Waals surface area contributed by atoms with Crippen LogP contribution in [0.1, 0.15) is 151 Å². The Morgan fingerprint density at radius 2 is 1.54 bits per heavy atom. The quantitative estimate of drug-likeness (QED) is 0.396. The number of aliphatic hydroxyl groups excluding tert-OH is 1. The van der Waals surface area contributed by atoms with E-state index in [2.05, 4.69) is 41.5 Å². The van der Waals surface area contributed by atoms with Gasteiger partial charge in [0.15, 0.2) is 0 Å². The molecule has 4 rings (SSSR count). The summed E-state index contributed by atoms with van der Waals surface area (Å²) in [5.74, 6) is 7.20. The van der Waals surface area contributed by atoms with Gasteiger partial charge in [0.05, 0.1) is 6.10 Å². The second-order valence-corrected chi connectivity index (χ2v) is 15.2. The number of rotatable bonds is 6. The monoisotopic (exact) mass is 486 g/mol. The van der Waals surface area contributed by atoms with Crippen LogP contribution in [0.4, 0.5) is 0 Å². The minimum absolute atomic E-state index is 0.0217. The van der Waals surface area contributed by atoms with Crippen molar-refractivity contribution in [2.24, 2.45) is 58.2 Å². The Hall–Kier alpha value is -0.0400. The summed E-state index contributed by atoms with van der Waals surface area (Å²) in [6, 6.07) is 0. The fraction of sp³-hybridized carbons (Fsp3) is 1.00. The van der Waals surface area contributed by atoms with Gasteiger partial charge < -0.3 is 5.11 Å². The minimum atomic E-state index is -0.0217. The molecule has 0 aromatic heterocycles. The SMILES string of the molecule is CC[C@@H](CC[C@@H](C)[C@H]1CCC[C@H]2[C@@H]3CCCC4C[C@@H](O)CC[C@]4(C)[C@H]3CCCC[C@]2(C)C1)C(C)C. The summed E-state index contributed by atoms with van der Waals surface area (Å²) < 4.78 is 0. The Labute approximate surface area is 220 Å². The Bertz CT molecular complexity index is 655. The summed E-state index contributed by atoms with van der Waals surface area (Å²) in [4.78, 5) is 0. The van der Waals surface area contributed by atoms with Gasteiger partial charge in [-0.15, -0.1) is 0 Å². The second kappa shape index (κ2) is 11.8. The first-order chi connectivity index (χ1) is 16.7. The maximum Gasteiger partial charge on any atom is 0.0543 e. The first kappa shape index (κ1) is 28.0. The topological polar surface area (TPSA) is 20.2 Å². The molecule has 1 unspecified atom stereocenters. The van der Waals surface area contributed by atoms with E-state index in [1.54, 1.807) is 0 Å². The highest BCUT2D eigenvalue weighted by Crippen LogP contribution is 2.62. The highest BCUT2D eigenvalue weighted by molar-refractivity contribution is 5.03. The standard InChI is InChI=1S/C34H62O/c1-7-26(24(2)3)18-17-25(4)27-12-10-16-31-30-14-11-13-28-22-29(35)19-21-34(28,6)32(30)15-8-9-20-33(31,5)23-27/h24-32,35H,7-23H2,1-6H3/t25-,26+,27+,28?,29+,30+,31+,32+,33-,34+/m1/s1. The minimum Gasteiger partial charge on any atom is -0.393 e. The van der Waals surface area contributed by atoms with E-state index in [1.165, 1.54) is 96.3 Å². The van der Waals surface area contributed by atoms with Gasteiger partial charge in [-0.05, 0) is 122 Å². The number of hydrogen-bond acceptors (Lipinski definition) is 1. The van der Waals surface area contributed by atoms with Crippen molar-refractivity contribution in [3.8, 4) is 0 Å². The highest BCUT2D eigenvalue weighted by Gasteiger charge is 2.53. The van der Waals surface area contributed by atoms with Crippen LogP contribution >= 0.6 is 0 Å². The summed E-state index contributed by atoms with van der Waals surface area (Å²) in [5.41, 5.74) is 1.05. The van der Waals surface area contributed by atoms with Crippen LogP contribution in [0.2, 0.25) is 0 Å². The second-order valence-electron chi connectivity index (χ2n) is 15.2. The highest BCUT2D eigenvalue weighted by atomic mass is 16.3. The summed E-state index contributed by atoms with van der Waals surface area (Å²) in [6.45, 7) is 15.4. The molecular formula is C34H62O. The number of hydrogen-bond donors (Lipinski definition) is 1. The van der Waals surface area contributed by atoms with Crippen molar-refractivity contribution in [1.29, 1.82) is 0 Å². The molecule has 0 aromatic rings. The summed E-state index contributed by atoms with van der Waals surface area (Å²) in [6.07, 6.45) is 23.9. The zero-order valence-electron chi connectivity index (χ0n) is 24.7. The van der Waals surface area contributed by atoms with E-state index in [-0.39, 0.29) is 6.10 Å². The molecule has 1 N–H and O–H groups in total. The van der Waals surface area contributed by atoms with Gasteiger partial charge in [-0.1, -0.05) is 86.5 Å². The summed E-state index contributed by atoms with van der Waals surface area (Å²) in [5, 5.41) is 10.5. The van der Waals surface area contributed by atoms with Crippen molar-refractivity contribution in [2.45, 2.75) is 157 Å². The summed E-state index contributed by atoms with van der Waals surface area (Å²) >= 11 is 0. The Balaban J connectivity index is 1.52. The molecule has 1 nitrogen and oxygen atoms in total. The average Bonchev–Trinajstić information content (AvgIpc) is 3.05. The van der Waals surface area contributed by atoms with Crippen molar-refractivity contribution in [2.75, 3.05) is 0 Å². The molecule has 4 aliphatic carbocycles.